The molecule has 1 unspecified atom stereocenters. The molecule has 1 amide bonds. The molecule has 0 saturated carbocycles. The molecule has 114 valence electrons. The van der Waals surface area contributed by atoms with Gasteiger partial charge >= 0.3 is 6.09 Å². The molecular weight excluding hydrogens is 286 g/mol. The van der Waals surface area contributed by atoms with Crippen LogP contribution in [0.4, 0.5) is 4.79 Å². The highest BCUT2D eigenvalue weighted by Crippen LogP contribution is 2.45. The number of carboxylic acid groups (broad SMARTS) is 1. The Kier molecular flexibility index (Phi) is 4.33. The molecule has 0 spiro atoms. The third kappa shape index (κ3) is 3.08. The number of carbonyl (C=O) groups is 1. The van der Waals surface area contributed by atoms with Crippen LogP contribution in [-0.2, 0) is 0 Å². The summed E-state index contributed by atoms with van der Waals surface area (Å²) in [6, 6.07) is 7.58. The summed E-state index contributed by atoms with van der Waals surface area (Å²) in [5, 5.41) is 10.2. The highest BCUT2D eigenvalue weighted by Gasteiger charge is 2.49. The van der Waals surface area contributed by atoms with E-state index < -0.39 is 11.6 Å². The summed E-state index contributed by atoms with van der Waals surface area (Å²) < 4.78 is 0. The summed E-state index contributed by atoms with van der Waals surface area (Å²) in [6.45, 7) is 6.87. The smallest absolute Gasteiger partial charge is 0.408 e. The summed E-state index contributed by atoms with van der Waals surface area (Å²) in [7, 11) is 0. The van der Waals surface area contributed by atoms with Gasteiger partial charge in [0.2, 0.25) is 0 Å². The zero-order valence-electron chi connectivity index (χ0n) is 12.8. The molecular formula is C17H22ClNO2. The maximum absolute atomic E-state index is 11.6. The van der Waals surface area contributed by atoms with Crippen LogP contribution >= 0.6 is 11.6 Å². The van der Waals surface area contributed by atoms with E-state index in [0.717, 1.165) is 18.4 Å². The Morgan fingerprint density at radius 3 is 2.71 bits per heavy atom. The molecule has 1 fully saturated rings. The molecule has 0 aromatic heterocycles. The fourth-order valence-corrected chi connectivity index (χ4v) is 3.35. The van der Waals surface area contributed by atoms with Crippen LogP contribution in [0.3, 0.4) is 0 Å². The SMILES string of the molecule is CC(C)(C)C1(C=Cc2cccc(Cl)c2)CCCN1C(=O)O. The van der Waals surface area contributed by atoms with Crippen molar-refractivity contribution in [1.29, 1.82) is 0 Å². The van der Waals surface area contributed by atoms with E-state index in [0.29, 0.717) is 11.6 Å². The van der Waals surface area contributed by atoms with E-state index in [4.69, 9.17) is 11.6 Å². The summed E-state index contributed by atoms with van der Waals surface area (Å²) in [5.74, 6) is 0. The number of amides is 1. The minimum atomic E-state index is -0.849. The van der Waals surface area contributed by atoms with Crippen molar-refractivity contribution in [2.75, 3.05) is 6.54 Å². The number of hydrogen-bond acceptors (Lipinski definition) is 1. The van der Waals surface area contributed by atoms with Crippen LogP contribution in [0.5, 0.6) is 0 Å². The van der Waals surface area contributed by atoms with E-state index in [1.54, 1.807) is 4.90 Å². The summed E-state index contributed by atoms with van der Waals surface area (Å²) in [4.78, 5) is 13.2. The predicted molar refractivity (Wildman–Crippen MR) is 86.6 cm³/mol. The zero-order valence-corrected chi connectivity index (χ0v) is 13.5. The zero-order chi connectivity index (χ0) is 15.7. The number of likely N-dealkylation sites (tertiary alicyclic amines) is 1. The lowest BCUT2D eigenvalue weighted by Gasteiger charge is -2.45. The molecule has 1 aliphatic heterocycles. The third-order valence-corrected chi connectivity index (χ3v) is 4.59. The average Bonchev–Trinajstić information content (AvgIpc) is 2.81. The van der Waals surface area contributed by atoms with Crippen LogP contribution in [0.2, 0.25) is 5.02 Å². The lowest BCUT2D eigenvalue weighted by atomic mass is 9.71. The molecule has 1 aromatic carbocycles. The standard InChI is InChI=1S/C17H22ClNO2/c1-16(2,3)17(9-5-11-19(17)15(20)21)10-8-13-6-4-7-14(18)12-13/h4,6-8,10,12H,5,9,11H2,1-3H3,(H,20,21). The van der Waals surface area contributed by atoms with Gasteiger partial charge in [-0.15, -0.1) is 0 Å². The molecule has 4 heteroatoms. The highest BCUT2D eigenvalue weighted by molar-refractivity contribution is 6.30. The quantitative estimate of drug-likeness (QED) is 0.843. The number of benzene rings is 1. The number of hydrogen-bond donors (Lipinski definition) is 1. The first kappa shape index (κ1) is 15.9. The number of rotatable bonds is 2. The van der Waals surface area contributed by atoms with Crippen LogP contribution in [0.1, 0.15) is 39.2 Å². The lowest BCUT2D eigenvalue weighted by molar-refractivity contribution is 0.0646. The fraction of sp³-hybridized carbons (Fsp3) is 0.471. The van der Waals surface area contributed by atoms with E-state index in [1.165, 1.54) is 0 Å². The second kappa shape index (κ2) is 5.72. The predicted octanol–water partition coefficient (Wildman–Crippen LogP) is 4.91. The van der Waals surface area contributed by atoms with Crippen LogP contribution in [0.25, 0.3) is 6.08 Å². The fourth-order valence-electron chi connectivity index (χ4n) is 3.15. The summed E-state index contributed by atoms with van der Waals surface area (Å²) >= 11 is 6.01. The van der Waals surface area contributed by atoms with Crippen LogP contribution < -0.4 is 0 Å². The second-order valence-electron chi connectivity index (χ2n) is 6.60. The monoisotopic (exact) mass is 307 g/mol. The van der Waals surface area contributed by atoms with Crippen molar-refractivity contribution in [2.24, 2.45) is 5.41 Å². The molecule has 1 heterocycles. The topological polar surface area (TPSA) is 40.5 Å². The average molecular weight is 308 g/mol. The van der Waals surface area contributed by atoms with Crippen LogP contribution in [-0.4, -0.2) is 28.2 Å². The molecule has 1 aromatic rings. The van der Waals surface area contributed by atoms with Crippen molar-refractivity contribution >= 4 is 23.8 Å². The Bertz CT molecular complexity index is 562. The van der Waals surface area contributed by atoms with Crippen molar-refractivity contribution < 1.29 is 9.90 Å². The number of nitrogens with zero attached hydrogens (tertiary/aromatic N) is 1. The molecule has 1 saturated heterocycles. The van der Waals surface area contributed by atoms with Gasteiger partial charge in [0.15, 0.2) is 0 Å². The molecule has 1 aliphatic rings. The van der Waals surface area contributed by atoms with E-state index in [2.05, 4.69) is 20.8 Å². The minimum Gasteiger partial charge on any atom is -0.465 e. The van der Waals surface area contributed by atoms with Crippen molar-refractivity contribution in [2.45, 2.75) is 39.2 Å². The van der Waals surface area contributed by atoms with Gasteiger partial charge < -0.3 is 5.11 Å². The largest absolute Gasteiger partial charge is 0.465 e. The first-order valence-corrected chi connectivity index (χ1v) is 7.59. The minimum absolute atomic E-state index is 0.170. The molecule has 1 N–H and O–H groups in total. The molecule has 2 rings (SSSR count). The van der Waals surface area contributed by atoms with Gasteiger partial charge in [-0.25, -0.2) is 4.79 Å². The van der Waals surface area contributed by atoms with Gasteiger partial charge in [-0.05, 0) is 36.0 Å². The van der Waals surface area contributed by atoms with E-state index in [1.807, 2.05) is 36.4 Å². The van der Waals surface area contributed by atoms with Crippen molar-refractivity contribution in [3.05, 3.63) is 40.9 Å². The Hall–Kier alpha value is -1.48. The molecule has 0 aliphatic carbocycles. The van der Waals surface area contributed by atoms with Crippen molar-refractivity contribution in [3.8, 4) is 0 Å². The molecule has 0 bridgehead atoms. The first-order valence-electron chi connectivity index (χ1n) is 7.22. The normalized spacial score (nSPS) is 23.0. The van der Waals surface area contributed by atoms with E-state index >= 15 is 0 Å². The summed E-state index contributed by atoms with van der Waals surface area (Å²) in [5.41, 5.74) is 0.348. The Labute approximate surface area is 131 Å². The van der Waals surface area contributed by atoms with Gasteiger partial charge in [0.05, 0.1) is 5.54 Å². The Morgan fingerprint density at radius 1 is 1.43 bits per heavy atom. The van der Waals surface area contributed by atoms with Gasteiger partial charge in [-0.3, -0.25) is 4.90 Å². The first-order chi connectivity index (χ1) is 9.76. The molecule has 21 heavy (non-hydrogen) atoms. The Morgan fingerprint density at radius 2 is 2.14 bits per heavy atom. The van der Waals surface area contributed by atoms with Crippen LogP contribution in [0.15, 0.2) is 30.3 Å². The van der Waals surface area contributed by atoms with Crippen molar-refractivity contribution in [3.63, 3.8) is 0 Å². The van der Waals surface area contributed by atoms with Crippen LogP contribution in [0, 0.1) is 5.41 Å². The maximum atomic E-state index is 11.6. The van der Waals surface area contributed by atoms with Gasteiger partial charge in [0, 0.05) is 11.6 Å². The number of halogens is 1. The van der Waals surface area contributed by atoms with Crippen molar-refractivity contribution in [1.82, 2.24) is 4.90 Å². The maximum Gasteiger partial charge on any atom is 0.408 e. The van der Waals surface area contributed by atoms with Gasteiger partial charge in [-0.1, -0.05) is 56.7 Å². The molecule has 1 atom stereocenters. The van der Waals surface area contributed by atoms with Gasteiger partial charge in [0.1, 0.15) is 0 Å². The molecule has 3 nitrogen and oxygen atoms in total. The molecule has 0 radical (unpaired) electrons. The highest BCUT2D eigenvalue weighted by atomic mass is 35.5. The van der Waals surface area contributed by atoms with Gasteiger partial charge in [0.25, 0.3) is 0 Å². The summed E-state index contributed by atoms with van der Waals surface area (Å²) in [6.07, 6.45) is 4.92. The Balaban J connectivity index is 2.40. The lowest BCUT2D eigenvalue weighted by Crippen LogP contribution is -2.53. The third-order valence-electron chi connectivity index (χ3n) is 4.35. The van der Waals surface area contributed by atoms with E-state index in [9.17, 15) is 9.90 Å². The van der Waals surface area contributed by atoms with Gasteiger partial charge in [-0.2, -0.15) is 0 Å². The van der Waals surface area contributed by atoms with E-state index in [-0.39, 0.29) is 5.41 Å². The second-order valence-corrected chi connectivity index (χ2v) is 7.04.